The van der Waals surface area contributed by atoms with E-state index >= 15 is 0 Å². The molecule has 0 radical (unpaired) electrons. The van der Waals surface area contributed by atoms with E-state index in [1.165, 1.54) is 12.7 Å². The number of hydrogen-bond donors (Lipinski definition) is 0. The van der Waals surface area contributed by atoms with Crippen molar-refractivity contribution < 1.29 is 14.3 Å². The molecule has 146 valence electrons. The Hall–Kier alpha value is -3.04. The molecule has 1 heterocycles. The van der Waals surface area contributed by atoms with Gasteiger partial charge in [-0.15, -0.1) is 0 Å². The van der Waals surface area contributed by atoms with Gasteiger partial charge in [-0.1, -0.05) is 30.3 Å². The molecular formula is C22H25N3O3. The van der Waals surface area contributed by atoms with Crippen molar-refractivity contribution in [1.29, 1.82) is 5.26 Å². The Kier molecular flexibility index (Phi) is 6.51. The summed E-state index contributed by atoms with van der Waals surface area (Å²) < 4.78 is 10.9. The van der Waals surface area contributed by atoms with Gasteiger partial charge in [0.2, 0.25) is 0 Å². The van der Waals surface area contributed by atoms with Crippen molar-refractivity contribution in [3.05, 3.63) is 59.7 Å². The molecule has 3 rings (SSSR count). The molecule has 0 N–H and O–H groups in total. The molecule has 0 saturated carbocycles. The average molecular weight is 379 g/mol. The summed E-state index contributed by atoms with van der Waals surface area (Å²) in [5.41, 5.74) is 1.78. The van der Waals surface area contributed by atoms with Gasteiger partial charge in [-0.25, -0.2) is 0 Å². The van der Waals surface area contributed by atoms with E-state index in [-0.39, 0.29) is 12.5 Å². The Bertz CT molecular complexity index is 840. The van der Waals surface area contributed by atoms with E-state index in [0.717, 1.165) is 13.1 Å². The smallest absolute Gasteiger partial charge is 0.260 e. The minimum Gasteiger partial charge on any atom is -0.493 e. The number of carbonyl (C=O) groups is 1. The van der Waals surface area contributed by atoms with Gasteiger partial charge in [0, 0.05) is 38.3 Å². The summed E-state index contributed by atoms with van der Waals surface area (Å²) in [7, 11) is 1.51. The van der Waals surface area contributed by atoms with E-state index in [1.54, 1.807) is 18.2 Å². The third kappa shape index (κ3) is 4.62. The Morgan fingerprint density at radius 2 is 1.82 bits per heavy atom. The normalized spacial score (nSPS) is 15.5. The average Bonchev–Trinajstić information content (AvgIpc) is 2.77. The molecule has 1 unspecified atom stereocenters. The fourth-order valence-electron chi connectivity index (χ4n) is 3.39. The van der Waals surface area contributed by atoms with Gasteiger partial charge >= 0.3 is 0 Å². The van der Waals surface area contributed by atoms with Crippen LogP contribution in [0.15, 0.2) is 48.5 Å². The molecule has 0 aliphatic carbocycles. The van der Waals surface area contributed by atoms with Crippen LogP contribution in [0.1, 0.15) is 24.1 Å². The fraction of sp³-hybridized carbons (Fsp3) is 0.364. The first-order valence-electron chi connectivity index (χ1n) is 9.40. The van der Waals surface area contributed by atoms with Crippen molar-refractivity contribution in [3.8, 4) is 17.6 Å². The minimum atomic E-state index is -0.0451. The van der Waals surface area contributed by atoms with Crippen LogP contribution in [0.25, 0.3) is 0 Å². The maximum Gasteiger partial charge on any atom is 0.260 e. The summed E-state index contributed by atoms with van der Waals surface area (Å²) in [5.74, 6) is 0.873. The lowest BCUT2D eigenvalue weighted by Crippen LogP contribution is -2.50. The van der Waals surface area contributed by atoms with Gasteiger partial charge in [-0.05, 0) is 24.6 Å². The van der Waals surface area contributed by atoms with E-state index in [4.69, 9.17) is 14.7 Å². The highest BCUT2D eigenvalue weighted by atomic mass is 16.5. The monoisotopic (exact) mass is 379 g/mol. The highest BCUT2D eigenvalue weighted by Gasteiger charge is 2.25. The lowest BCUT2D eigenvalue weighted by molar-refractivity contribution is -0.135. The van der Waals surface area contributed by atoms with Crippen LogP contribution in [-0.4, -0.2) is 55.6 Å². The summed E-state index contributed by atoms with van der Waals surface area (Å²) in [5, 5.41) is 8.96. The number of nitriles is 1. The second-order valence-electron chi connectivity index (χ2n) is 6.77. The number of hydrogen-bond acceptors (Lipinski definition) is 5. The molecule has 1 aliphatic heterocycles. The first kappa shape index (κ1) is 19.7. The van der Waals surface area contributed by atoms with Crippen molar-refractivity contribution >= 4 is 5.91 Å². The topological polar surface area (TPSA) is 65.8 Å². The Balaban J connectivity index is 1.51. The Labute approximate surface area is 165 Å². The minimum absolute atomic E-state index is 0.0431. The zero-order valence-corrected chi connectivity index (χ0v) is 16.3. The quantitative estimate of drug-likeness (QED) is 0.772. The zero-order valence-electron chi connectivity index (χ0n) is 16.3. The van der Waals surface area contributed by atoms with Gasteiger partial charge < -0.3 is 14.4 Å². The van der Waals surface area contributed by atoms with Gasteiger partial charge in [0.05, 0.1) is 18.7 Å². The van der Waals surface area contributed by atoms with E-state index in [2.05, 4.69) is 42.2 Å². The highest BCUT2D eigenvalue weighted by molar-refractivity contribution is 5.78. The number of amides is 1. The standard InChI is InChI=1S/C22H25N3O3/c1-17(19-6-4-3-5-7-19)24-10-12-25(13-11-24)22(26)16-28-20-9-8-18(15-23)14-21(20)27-2/h3-9,14,17H,10-13,16H2,1-2H3. The molecule has 28 heavy (non-hydrogen) atoms. The van der Waals surface area contributed by atoms with E-state index < -0.39 is 0 Å². The summed E-state index contributed by atoms with van der Waals surface area (Å²) in [6.07, 6.45) is 0. The molecule has 0 bridgehead atoms. The van der Waals surface area contributed by atoms with E-state index in [0.29, 0.717) is 36.2 Å². The van der Waals surface area contributed by atoms with Gasteiger partial charge in [-0.3, -0.25) is 9.69 Å². The maximum absolute atomic E-state index is 12.5. The molecule has 0 spiro atoms. The number of benzene rings is 2. The number of rotatable bonds is 6. The molecule has 1 saturated heterocycles. The third-order valence-electron chi connectivity index (χ3n) is 5.14. The second-order valence-corrected chi connectivity index (χ2v) is 6.77. The molecule has 0 aromatic heterocycles. The summed E-state index contributed by atoms with van der Waals surface area (Å²) in [4.78, 5) is 16.8. The van der Waals surface area contributed by atoms with Crippen LogP contribution in [0.2, 0.25) is 0 Å². The number of nitrogens with zero attached hydrogens (tertiary/aromatic N) is 3. The van der Waals surface area contributed by atoms with Gasteiger partial charge in [0.25, 0.3) is 5.91 Å². The van der Waals surface area contributed by atoms with Crippen molar-refractivity contribution in [1.82, 2.24) is 9.80 Å². The summed E-state index contributed by atoms with van der Waals surface area (Å²) in [6, 6.07) is 17.7. The van der Waals surface area contributed by atoms with Crippen LogP contribution in [0, 0.1) is 11.3 Å². The van der Waals surface area contributed by atoms with Gasteiger partial charge in [0.1, 0.15) is 0 Å². The second kappa shape index (κ2) is 9.25. The summed E-state index contributed by atoms with van der Waals surface area (Å²) >= 11 is 0. The van der Waals surface area contributed by atoms with Gasteiger partial charge in [-0.2, -0.15) is 5.26 Å². The molecule has 1 amide bonds. The number of methoxy groups -OCH3 is 1. The van der Waals surface area contributed by atoms with Crippen LogP contribution >= 0.6 is 0 Å². The molecule has 1 atom stereocenters. The number of ether oxygens (including phenoxy) is 2. The number of piperazine rings is 1. The first-order valence-corrected chi connectivity index (χ1v) is 9.40. The predicted molar refractivity (Wildman–Crippen MR) is 106 cm³/mol. The lowest BCUT2D eigenvalue weighted by atomic mass is 10.1. The summed E-state index contributed by atoms with van der Waals surface area (Å²) in [6.45, 7) is 5.20. The Morgan fingerprint density at radius 1 is 1.11 bits per heavy atom. The zero-order chi connectivity index (χ0) is 19.9. The van der Waals surface area contributed by atoms with Crippen LogP contribution in [-0.2, 0) is 4.79 Å². The largest absolute Gasteiger partial charge is 0.493 e. The highest BCUT2D eigenvalue weighted by Crippen LogP contribution is 2.28. The van der Waals surface area contributed by atoms with E-state index in [9.17, 15) is 4.79 Å². The molecule has 1 aliphatic rings. The van der Waals surface area contributed by atoms with Crippen LogP contribution in [0.3, 0.4) is 0 Å². The molecule has 2 aromatic rings. The maximum atomic E-state index is 12.5. The molecule has 1 fully saturated rings. The van der Waals surface area contributed by atoms with Crippen molar-refractivity contribution in [2.24, 2.45) is 0 Å². The van der Waals surface area contributed by atoms with Gasteiger partial charge in [0.15, 0.2) is 18.1 Å². The van der Waals surface area contributed by atoms with Crippen LogP contribution in [0.4, 0.5) is 0 Å². The third-order valence-corrected chi connectivity index (χ3v) is 5.14. The Morgan fingerprint density at radius 3 is 2.46 bits per heavy atom. The van der Waals surface area contributed by atoms with Crippen molar-refractivity contribution in [3.63, 3.8) is 0 Å². The molecule has 6 heteroatoms. The van der Waals surface area contributed by atoms with Crippen LogP contribution < -0.4 is 9.47 Å². The van der Waals surface area contributed by atoms with Crippen LogP contribution in [0.5, 0.6) is 11.5 Å². The number of carbonyl (C=O) groups excluding carboxylic acids is 1. The van der Waals surface area contributed by atoms with Crippen molar-refractivity contribution in [2.45, 2.75) is 13.0 Å². The fourth-order valence-corrected chi connectivity index (χ4v) is 3.39. The SMILES string of the molecule is COc1cc(C#N)ccc1OCC(=O)N1CCN(C(C)c2ccccc2)CC1. The van der Waals surface area contributed by atoms with E-state index in [1.807, 2.05) is 11.0 Å². The molecule has 2 aromatic carbocycles. The predicted octanol–water partition coefficient (Wildman–Crippen LogP) is 2.85. The molecular weight excluding hydrogens is 354 g/mol. The molecule has 6 nitrogen and oxygen atoms in total. The van der Waals surface area contributed by atoms with Crippen molar-refractivity contribution in [2.75, 3.05) is 39.9 Å². The lowest BCUT2D eigenvalue weighted by Gasteiger charge is -2.38. The first-order chi connectivity index (χ1) is 13.6.